The smallest absolute Gasteiger partial charge is 0.148 e. The maximum Gasteiger partial charge on any atom is 0.148 e. The van der Waals surface area contributed by atoms with Crippen molar-refractivity contribution in [2.45, 2.75) is 60.3 Å². The minimum absolute atomic E-state index is 0. The van der Waals surface area contributed by atoms with Gasteiger partial charge in [0.2, 0.25) is 0 Å². The average molecular weight is 790 g/mol. The summed E-state index contributed by atoms with van der Waals surface area (Å²) in [5.74, 6) is 0. The van der Waals surface area contributed by atoms with E-state index >= 15 is 0 Å². The topological polar surface area (TPSA) is 51.8 Å². The van der Waals surface area contributed by atoms with Crippen LogP contribution in [0.2, 0.25) is 0 Å². The first-order chi connectivity index (χ1) is 21.7. The molecule has 0 saturated heterocycles. The van der Waals surface area contributed by atoms with Gasteiger partial charge in [-0.1, -0.05) is 82.3 Å². The molecule has 0 aliphatic carbocycles. The molecule has 0 aliphatic heterocycles. The first kappa shape index (κ1) is 30.0. The third-order valence-corrected chi connectivity index (χ3v) is 8.48. The van der Waals surface area contributed by atoms with Crippen molar-refractivity contribution in [3.05, 3.63) is 113 Å². The van der Waals surface area contributed by atoms with Crippen LogP contribution in [0.25, 0.3) is 54.7 Å². The van der Waals surface area contributed by atoms with Crippen LogP contribution in [0.4, 0.5) is 0 Å². The monoisotopic (exact) mass is 790 g/mol. The molecule has 3 aromatic carbocycles. The van der Waals surface area contributed by atoms with Crippen LogP contribution in [0, 0.1) is 24.5 Å². The zero-order valence-electron chi connectivity index (χ0n) is 28.6. The molecule has 7 rings (SSSR count). The molecule has 0 bridgehead atoms. The molecule has 0 aliphatic rings. The Labute approximate surface area is 286 Å². The Morgan fingerprint density at radius 2 is 1.64 bits per heavy atom. The number of hydrogen-bond donors (Lipinski definition) is 0. The van der Waals surface area contributed by atoms with E-state index in [1.807, 2.05) is 82.4 Å². The summed E-state index contributed by atoms with van der Waals surface area (Å²) < 4.78 is 24.9. The minimum atomic E-state index is -1.51. The third-order valence-electron chi connectivity index (χ3n) is 7.03. The minimum Gasteiger partial charge on any atom is -0.498 e. The van der Waals surface area contributed by atoms with Crippen molar-refractivity contribution in [2.75, 3.05) is 0 Å². The number of fused-ring (bicyclic) bond motifs is 5. The second-order valence-electron chi connectivity index (χ2n) is 13.1. The van der Waals surface area contributed by atoms with Crippen molar-refractivity contribution in [1.82, 2.24) is 15.0 Å². The van der Waals surface area contributed by atoms with Crippen LogP contribution in [0.15, 0.2) is 89.6 Å². The van der Waals surface area contributed by atoms with Crippen molar-refractivity contribution in [1.29, 1.82) is 0 Å². The van der Waals surface area contributed by atoms with Crippen LogP contribution in [0.5, 0.6) is 0 Å². The molecule has 231 valence electrons. The second kappa shape index (κ2) is 13.0. The summed E-state index contributed by atoms with van der Waals surface area (Å²) in [4.78, 5) is 13.8. The van der Waals surface area contributed by atoms with Gasteiger partial charge in [-0.2, -0.15) is 0 Å². The molecule has 0 amide bonds. The molecule has 6 heteroatoms. The van der Waals surface area contributed by atoms with E-state index in [0.717, 1.165) is 48.4 Å². The van der Waals surface area contributed by atoms with Crippen LogP contribution in [0.1, 0.15) is 60.4 Å². The summed E-state index contributed by atoms with van der Waals surface area (Å²) >= 11 is 1.70. The molecule has 45 heavy (non-hydrogen) atoms. The Kier molecular flexibility index (Phi) is 8.63. The molecule has 0 fully saturated rings. The van der Waals surface area contributed by atoms with Crippen molar-refractivity contribution >= 4 is 43.5 Å². The van der Waals surface area contributed by atoms with E-state index in [9.17, 15) is 0 Å². The van der Waals surface area contributed by atoms with Gasteiger partial charge < -0.3 is 14.4 Å². The van der Waals surface area contributed by atoms with E-state index in [4.69, 9.17) is 12.1 Å². The quantitative estimate of drug-likeness (QED) is 0.167. The Bertz CT molecular complexity index is 2160. The molecule has 4 heterocycles. The Balaban J connectivity index is 0.000000260. The standard InChI is InChI=1S/C27H27N2OS.C12H10N.Ir/c1-26(2,3)15-16-12-13-28-20(14-16)19-9-7-8-17-18-10-11-21-22(24(18)30-23(17)19)29-25(31-21)27(4,5)6;1-10-7-8-12(13-9-10)11-5-3-2-4-6-11;/h7-8,10-14H,15H2,1-6H3;2-5,7-9H,1H3;/q2*-1;/i15D2;;. The van der Waals surface area contributed by atoms with E-state index in [2.05, 4.69) is 61.1 Å². The van der Waals surface area contributed by atoms with Gasteiger partial charge in [-0.25, -0.2) is 4.98 Å². The van der Waals surface area contributed by atoms with Gasteiger partial charge in [0.05, 0.1) is 15.3 Å². The van der Waals surface area contributed by atoms with E-state index in [-0.39, 0.29) is 25.5 Å². The normalized spacial score (nSPS) is 12.8. The summed E-state index contributed by atoms with van der Waals surface area (Å²) in [7, 11) is 0. The average Bonchev–Trinajstić information content (AvgIpc) is 3.64. The number of thiazole rings is 1. The van der Waals surface area contributed by atoms with E-state index in [1.54, 1.807) is 23.6 Å². The van der Waals surface area contributed by atoms with Crippen LogP contribution in [-0.2, 0) is 31.9 Å². The van der Waals surface area contributed by atoms with Gasteiger partial charge in [-0.3, -0.25) is 0 Å². The molecule has 0 spiro atoms. The molecule has 0 unspecified atom stereocenters. The molecule has 0 atom stereocenters. The second-order valence-corrected chi connectivity index (χ2v) is 14.1. The number of benzene rings is 3. The van der Waals surface area contributed by atoms with Gasteiger partial charge in [0.15, 0.2) is 0 Å². The van der Waals surface area contributed by atoms with E-state index < -0.39 is 11.8 Å². The zero-order chi connectivity index (χ0) is 32.9. The van der Waals surface area contributed by atoms with Crippen molar-refractivity contribution in [3.63, 3.8) is 0 Å². The van der Waals surface area contributed by atoms with Gasteiger partial charge in [-0.15, -0.1) is 65.4 Å². The van der Waals surface area contributed by atoms with E-state index in [0.29, 0.717) is 16.8 Å². The van der Waals surface area contributed by atoms with Crippen molar-refractivity contribution < 1.29 is 27.3 Å². The largest absolute Gasteiger partial charge is 0.498 e. The van der Waals surface area contributed by atoms with Crippen LogP contribution in [-0.4, -0.2) is 15.0 Å². The fourth-order valence-electron chi connectivity index (χ4n) is 4.96. The third kappa shape index (κ3) is 7.25. The van der Waals surface area contributed by atoms with Gasteiger partial charge in [-0.05, 0) is 47.8 Å². The molecular formula is C39H37IrN3OS-2. The van der Waals surface area contributed by atoms with Crippen LogP contribution < -0.4 is 0 Å². The number of hydrogen-bond acceptors (Lipinski definition) is 5. The predicted octanol–water partition coefficient (Wildman–Crippen LogP) is 10.8. The summed E-state index contributed by atoms with van der Waals surface area (Å²) in [6, 6.07) is 30.0. The number of nitrogens with zero attached hydrogens (tertiary/aromatic N) is 3. The number of aromatic nitrogens is 3. The summed E-state index contributed by atoms with van der Waals surface area (Å²) in [5.41, 5.74) is 6.95. The summed E-state index contributed by atoms with van der Waals surface area (Å²) in [6.07, 6.45) is 2.02. The first-order valence-electron chi connectivity index (χ1n) is 15.8. The molecular weight excluding hydrogens is 751 g/mol. The number of furan rings is 1. The molecule has 0 saturated carbocycles. The van der Waals surface area contributed by atoms with Gasteiger partial charge in [0, 0.05) is 46.0 Å². The molecule has 7 aromatic rings. The fraction of sp³-hybridized carbons (Fsp3) is 0.256. The number of pyridine rings is 2. The Morgan fingerprint density at radius 3 is 2.33 bits per heavy atom. The van der Waals surface area contributed by atoms with E-state index in [1.165, 1.54) is 5.56 Å². The van der Waals surface area contributed by atoms with Crippen LogP contribution >= 0.6 is 11.3 Å². The van der Waals surface area contributed by atoms with Crippen LogP contribution in [0.3, 0.4) is 0 Å². The van der Waals surface area contributed by atoms with Crippen molar-refractivity contribution in [2.24, 2.45) is 5.41 Å². The predicted molar refractivity (Wildman–Crippen MR) is 184 cm³/mol. The molecule has 4 nitrogen and oxygen atoms in total. The summed E-state index contributed by atoms with van der Waals surface area (Å²) in [5, 5.41) is 3.08. The number of aryl methyl sites for hydroxylation is 1. The van der Waals surface area contributed by atoms with Crippen molar-refractivity contribution in [3.8, 4) is 22.5 Å². The Morgan fingerprint density at radius 1 is 0.844 bits per heavy atom. The SMILES string of the molecule is Cc1ccc(-c2[c-]cccc2)nc1.[2H]C([2H])(c1ccnc(-c2[c-]ccc3c2oc2c3ccc3sc(C(C)(C)C)nc32)c1)C(C)(C)C.[Ir]. The molecule has 1 radical (unpaired) electrons. The first-order valence-corrected chi connectivity index (χ1v) is 15.6. The fourth-order valence-corrected chi connectivity index (χ4v) is 5.98. The van der Waals surface area contributed by atoms with Gasteiger partial charge >= 0.3 is 0 Å². The maximum absolute atomic E-state index is 8.67. The zero-order valence-corrected chi connectivity index (χ0v) is 29.8. The van der Waals surface area contributed by atoms with Gasteiger partial charge in [0.25, 0.3) is 0 Å². The summed E-state index contributed by atoms with van der Waals surface area (Å²) in [6.45, 7) is 14.3. The van der Waals surface area contributed by atoms with Gasteiger partial charge in [0.1, 0.15) is 11.1 Å². The molecule has 4 aromatic heterocycles. The Hall–Kier alpha value is -3.70. The number of rotatable bonds is 3. The molecule has 0 N–H and O–H groups in total. The maximum atomic E-state index is 8.67.